The summed E-state index contributed by atoms with van der Waals surface area (Å²) >= 11 is 0. The van der Waals surface area contributed by atoms with Gasteiger partial charge in [-0.25, -0.2) is 0 Å². The first kappa shape index (κ1) is 74.7. The maximum Gasteiger partial charge on any atom is 0.220 e. The van der Waals surface area contributed by atoms with Crippen molar-refractivity contribution in [1.82, 2.24) is 5.32 Å². The summed E-state index contributed by atoms with van der Waals surface area (Å²) in [5.74, 6) is -0.139. The Morgan fingerprint density at radius 2 is 0.756 bits per heavy atom. The van der Waals surface area contributed by atoms with E-state index >= 15 is 0 Å². The molecule has 9 heteroatoms. The standard InChI is InChI=1S/C69H133NO8/c1-3-5-7-9-11-13-15-17-19-21-23-25-27-29-30-31-32-33-35-36-38-40-42-44-46-48-50-52-54-56-58-63(72)62(61-77-69-68(76)67(75)66(74)64(60-71)78-69)70-65(73)59-57-55-53-51-49-47-45-43-41-39-37-34-28-26-24-22-20-18-16-14-12-10-8-6-4-2/h16,18,22,24,62-64,66-69,71-72,74-76H,3-15,17,19-21,23,25-61H2,1-2H3,(H,70,73)/b18-16-,24-22-. The fourth-order valence-electron chi connectivity index (χ4n) is 11.4. The quantitative estimate of drug-likeness (QED) is 0.0261. The van der Waals surface area contributed by atoms with E-state index in [0.717, 1.165) is 44.9 Å². The van der Waals surface area contributed by atoms with Gasteiger partial charge in [0.15, 0.2) is 6.29 Å². The van der Waals surface area contributed by atoms with Crippen molar-refractivity contribution in [2.24, 2.45) is 0 Å². The second-order valence-corrected chi connectivity index (χ2v) is 24.3. The van der Waals surface area contributed by atoms with E-state index in [9.17, 15) is 30.3 Å². The summed E-state index contributed by atoms with van der Waals surface area (Å²) in [6.45, 7) is 3.88. The molecule has 1 aliphatic heterocycles. The van der Waals surface area contributed by atoms with E-state index in [1.165, 1.54) is 283 Å². The molecule has 7 unspecified atom stereocenters. The molecule has 7 atom stereocenters. The SMILES string of the molecule is CCCCCCC/C=C\C/C=C\CCCCCCCCCCCCCCCC(=O)NC(COC1OC(CO)C(O)C(O)C1O)C(O)CCCCCCCCCCCCCCCCCCCCCCCCCCCCCCCC. The number of rotatable bonds is 61. The number of hydrogen-bond donors (Lipinski definition) is 6. The van der Waals surface area contributed by atoms with Crippen molar-refractivity contribution in [1.29, 1.82) is 0 Å². The van der Waals surface area contributed by atoms with Crippen LogP contribution in [-0.4, -0.2) is 87.5 Å². The van der Waals surface area contributed by atoms with Crippen molar-refractivity contribution < 1.29 is 39.8 Å². The van der Waals surface area contributed by atoms with Gasteiger partial charge < -0.3 is 40.3 Å². The van der Waals surface area contributed by atoms with Crippen LogP contribution in [0.25, 0.3) is 0 Å². The van der Waals surface area contributed by atoms with E-state index in [-0.39, 0.29) is 12.5 Å². The molecular weight excluding hydrogens is 971 g/mol. The molecule has 9 nitrogen and oxygen atoms in total. The fourth-order valence-corrected chi connectivity index (χ4v) is 11.4. The van der Waals surface area contributed by atoms with Crippen LogP contribution in [0.3, 0.4) is 0 Å². The van der Waals surface area contributed by atoms with Gasteiger partial charge in [-0.15, -0.1) is 0 Å². The first-order valence-electron chi connectivity index (χ1n) is 34.5. The maximum atomic E-state index is 13.1. The maximum absolute atomic E-state index is 13.1. The smallest absolute Gasteiger partial charge is 0.220 e. The molecule has 0 radical (unpaired) electrons. The summed E-state index contributed by atoms with van der Waals surface area (Å²) in [7, 11) is 0. The lowest BCUT2D eigenvalue weighted by Gasteiger charge is -2.40. The van der Waals surface area contributed by atoms with E-state index in [2.05, 4.69) is 43.5 Å². The number of allylic oxidation sites excluding steroid dienone is 4. The zero-order chi connectivity index (χ0) is 56.5. The molecule has 0 bridgehead atoms. The number of hydrogen-bond acceptors (Lipinski definition) is 8. The Hall–Kier alpha value is -1.33. The molecule has 78 heavy (non-hydrogen) atoms. The molecule has 0 spiro atoms. The largest absolute Gasteiger partial charge is 0.394 e. The Labute approximate surface area is 483 Å². The molecule has 0 aromatic rings. The molecule has 462 valence electrons. The Balaban J connectivity index is 2.11. The second kappa shape index (κ2) is 58.9. The topological polar surface area (TPSA) is 149 Å². The monoisotopic (exact) mass is 1100 g/mol. The predicted octanol–water partition coefficient (Wildman–Crippen LogP) is 18.5. The Bertz CT molecular complexity index is 1280. The summed E-state index contributed by atoms with van der Waals surface area (Å²) in [5, 5.41) is 54.9. The molecule has 0 aliphatic carbocycles. The first-order valence-corrected chi connectivity index (χ1v) is 34.5. The van der Waals surface area contributed by atoms with Gasteiger partial charge in [0.2, 0.25) is 5.91 Å². The third-order valence-corrected chi connectivity index (χ3v) is 16.8. The number of ether oxygens (including phenoxy) is 2. The highest BCUT2D eigenvalue weighted by atomic mass is 16.7. The third kappa shape index (κ3) is 47.2. The van der Waals surface area contributed by atoms with Gasteiger partial charge >= 0.3 is 0 Å². The minimum atomic E-state index is -1.55. The normalized spacial score (nSPS) is 18.7. The number of carbonyl (C=O) groups is 1. The fraction of sp³-hybridized carbons (Fsp3) is 0.928. The van der Waals surface area contributed by atoms with Gasteiger partial charge in [0.05, 0.1) is 25.4 Å². The van der Waals surface area contributed by atoms with Gasteiger partial charge in [-0.1, -0.05) is 327 Å². The van der Waals surface area contributed by atoms with E-state index < -0.39 is 49.5 Å². The molecule has 1 rings (SSSR count). The van der Waals surface area contributed by atoms with Crippen LogP contribution in [0.4, 0.5) is 0 Å². The van der Waals surface area contributed by atoms with E-state index in [1.807, 2.05) is 0 Å². The summed E-state index contributed by atoms with van der Waals surface area (Å²) in [5.41, 5.74) is 0. The first-order chi connectivity index (χ1) is 38.3. The molecular formula is C69H133NO8. The number of nitrogens with one attached hydrogen (secondary N) is 1. The van der Waals surface area contributed by atoms with Crippen LogP contribution in [-0.2, 0) is 14.3 Å². The number of amides is 1. The van der Waals surface area contributed by atoms with Crippen molar-refractivity contribution in [2.75, 3.05) is 13.2 Å². The Morgan fingerprint density at radius 1 is 0.436 bits per heavy atom. The van der Waals surface area contributed by atoms with Gasteiger partial charge in [0.1, 0.15) is 24.4 Å². The van der Waals surface area contributed by atoms with Gasteiger partial charge in [0.25, 0.3) is 0 Å². The van der Waals surface area contributed by atoms with Crippen LogP contribution in [0.5, 0.6) is 0 Å². The van der Waals surface area contributed by atoms with Crippen LogP contribution in [0.2, 0.25) is 0 Å². The van der Waals surface area contributed by atoms with Gasteiger partial charge in [-0.2, -0.15) is 0 Å². The summed E-state index contributed by atoms with van der Waals surface area (Å²) < 4.78 is 11.4. The van der Waals surface area contributed by atoms with Crippen LogP contribution in [0.15, 0.2) is 24.3 Å². The van der Waals surface area contributed by atoms with Crippen LogP contribution >= 0.6 is 0 Å². The number of aliphatic hydroxyl groups excluding tert-OH is 5. The van der Waals surface area contributed by atoms with Crippen molar-refractivity contribution >= 4 is 5.91 Å². The number of carbonyl (C=O) groups excluding carboxylic acids is 1. The summed E-state index contributed by atoms with van der Waals surface area (Å²) in [6.07, 6.45) is 69.5. The van der Waals surface area contributed by atoms with Crippen molar-refractivity contribution in [3.8, 4) is 0 Å². The molecule has 1 saturated heterocycles. The highest BCUT2D eigenvalue weighted by Gasteiger charge is 2.44. The lowest BCUT2D eigenvalue weighted by atomic mass is 9.99. The minimum absolute atomic E-state index is 0.134. The summed E-state index contributed by atoms with van der Waals surface area (Å²) in [6, 6.07) is -0.720. The van der Waals surface area contributed by atoms with Crippen LogP contribution in [0, 0.1) is 0 Å². The highest BCUT2D eigenvalue weighted by Crippen LogP contribution is 2.24. The lowest BCUT2D eigenvalue weighted by Crippen LogP contribution is -2.60. The molecule has 0 saturated carbocycles. The van der Waals surface area contributed by atoms with Crippen molar-refractivity contribution in [3.63, 3.8) is 0 Å². The van der Waals surface area contributed by atoms with Crippen molar-refractivity contribution in [2.45, 2.75) is 397 Å². The molecule has 0 aromatic heterocycles. The Kier molecular flexibility index (Phi) is 56.3. The van der Waals surface area contributed by atoms with Gasteiger partial charge in [-0.3, -0.25) is 4.79 Å². The second-order valence-electron chi connectivity index (χ2n) is 24.3. The number of aliphatic hydroxyl groups is 5. The molecule has 6 N–H and O–H groups in total. The highest BCUT2D eigenvalue weighted by molar-refractivity contribution is 5.76. The van der Waals surface area contributed by atoms with Crippen molar-refractivity contribution in [3.05, 3.63) is 24.3 Å². The average Bonchev–Trinajstić information content (AvgIpc) is 3.45. The van der Waals surface area contributed by atoms with Crippen LogP contribution in [0.1, 0.15) is 354 Å². The average molecular weight is 1100 g/mol. The molecule has 1 heterocycles. The lowest BCUT2D eigenvalue weighted by molar-refractivity contribution is -0.302. The molecule has 1 aliphatic rings. The predicted molar refractivity (Wildman–Crippen MR) is 332 cm³/mol. The zero-order valence-electron chi connectivity index (χ0n) is 51.7. The third-order valence-electron chi connectivity index (χ3n) is 16.8. The summed E-state index contributed by atoms with van der Waals surface area (Å²) in [4.78, 5) is 13.1. The van der Waals surface area contributed by atoms with Gasteiger partial charge in [0, 0.05) is 6.42 Å². The van der Waals surface area contributed by atoms with E-state index in [0.29, 0.717) is 12.8 Å². The molecule has 0 aromatic carbocycles. The van der Waals surface area contributed by atoms with Crippen LogP contribution < -0.4 is 5.32 Å². The van der Waals surface area contributed by atoms with E-state index in [1.54, 1.807) is 0 Å². The Morgan fingerprint density at radius 3 is 1.10 bits per heavy atom. The molecule has 1 fully saturated rings. The zero-order valence-corrected chi connectivity index (χ0v) is 51.7. The van der Waals surface area contributed by atoms with Gasteiger partial charge in [-0.05, 0) is 44.9 Å². The molecule has 1 amide bonds. The number of unbranched alkanes of at least 4 members (excludes halogenated alkanes) is 47. The van der Waals surface area contributed by atoms with E-state index in [4.69, 9.17) is 9.47 Å². The minimum Gasteiger partial charge on any atom is -0.394 e.